The molecule has 10 nitrogen and oxygen atoms in total. The van der Waals surface area contributed by atoms with Crippen LogP contribution in [0.5, 0.6) is 5.75 Å². The second-order valence-corrected chi connectivity index (χ2v) is 10.4. The van der Waals surface area contributed by atoms with Crippen LogP contribution in [0, 0.1) is 10.1 Å². The number of benzene rings is 3. The molecule has 3 heterocycles. The van der Waals surface area contributed by atoms with Gasteiger partial charge in [-0.1, -0.05) is 54.7 Å². The number of hydrogen-bond donors (Lipinski definition) is 0. The van der Waals surface area contributed by atoms with Gasteiger partial charge in [-0.15, -0.1) is 5.10 Å². The van der Waals surface area contributed by atoms with Gasteiger partial charge < -0.3 is 4.74 Å². The number of hydrogen-bond acceptors (Lipinski definition) is 8. The highest BCUT2D eigenvalue weighted by Gasteiger charge is 2.15. The monoisotopic (exact) mass is 576 g/mol. The Morgan fingerprint density at radius 3 is 2.43 bits per heavy atom. The van der Waals surface area contributed by atoms with Gasteiger partial charge in [0.05, 0.1) is 21.7 Å². The number of aromatic nitrogens is 5. The summed E-state index contributed by atoms with van der Waals surface area (Å²) in [7, 11) is 0. The normalized spacial score (nSPS) is 12.0. The van der Waals surface area contributed by atoms with Crippen LogP contribution < -0.4 is 14.8 Å². The average Bonchev–Trinajstić information content (AvgIpc) is 3.70. The summed E-state index contributed by atoms with van der Waals surface area (Å²) in [5.74, 6) is 1.25. The van der Waals surface area contributed by atoms with Crippen molar-refractivity contribution in [2.45, 2.75) is 13.3 Å². The zero-order valence-corrected chi connectivity index (χ0v) is 23.3. The van der Waals surface area contributed by atoms with Crippen molar-refractivity contribution in [3.8, 4) is 22.7 Å². The Balaban J connectivity index is 1.33. The first-order valence-electron chi connectivity index (χ1n) is 13.2. The van der Waals surface area contributed by atoms with Crippen molar-refractivity contribution in [2.75, 3.05) is 6.61 Å². The molecule has 6 rings (SSSR count). The highest BCUT2D eigenvalue weighted by molar-refractivity contribution is 7.15. The van der Waals surface area contributed by atoms with Crippen molar-refractivity contribution >= 4 is 40.2 Å². The van der Waals surface area contributed by atoms with E-state index in [1.54, 1.807) is 29.0 Å². The lowest BCUT2D eigenvalue weighted by Crippen LogP contribution is -2.23. The van der Waals surface area contributed by atoms with Crippen molar-refractivity contribution in [1.29, 1.82) is 0 Å². The van der Waals surface area contributed by atoms with E-state index in [1.807, 2.05) is 66.9 Å². The summed E-state index contributed by atoms with van der Waals surface area (Å²) in [6.45, 7) is 2.74. The van der Waals surface area contributed by atoms with Gasteiger partial charge in [-0.05, 0) is 60.5 Å². The van der Waals surface area contributed by atoms with Gasteiger partial charge in [-0.2, -0.15) is 14.6 Å². The maximum atomic E-state index is 13.3. The molecule has 0 saturated carbocycles. The van der Waals surface area contributed by atoms with Crippen LogP contribution in [0.4, 0.5) is 5.69 Å². The molecular formula is C31H24N6O4S. The van der Waals surface area contributed by atoms with Gasteiger partial charge in [0.25, 0.3) is 11.2 Å². The first-order valence-corrected chi connectivity index (χ1v) is 14.0. The molecule has 0 unspecified atom stereocenters. The maximum Gasteiger partial charge on any atom is 0.291 e. The number of non-ortho nitro benzene ring substituents is 1. The van der Waals surface area contributed by atoms with Gasteiger partial charge in [0.15, 0.2) is 5.82 Å². The molecule has 0 saturated heterocycles. The second-order valence-electron chi connectivity index (χ2n) is 9.35. The van der Waals surface area contributed by atoms with E-state index in [2.05, 4.69) is 17.0 Å². The van der Waals surface area contributed by atoms with Crippen LogP contribution in [-0.4, -0.2) is 35.9 Å². The third kappa shape index (κ3) is 5.58. The van der Waals surface area contributed by atoms with E-state index in [0.717, 1.165) is 23.4 Å². The largest absolute Gasteiger partial charge is 0.494 e. The summed E-state index contributed by atoms with van der Waals surface area (Å²) in [5.41, 5.74) is 3.45. The molecule has 0 N–H and O–H groups in total. The second kappa shape index (κ2) is 11.6. The number of para-hydroxylation sites is 1. The molecule has 0 radical (unpaired) electrons. The van der Waals surface area contributed by atoms with Gasteiger partial charge in [0.2, 0.25) is 4.96 Å². The van der Waals surface area contributed by atoms with Crippen LogP contribution in [0.2, 0.25) is 0 Å². The zero-order chi connectivity index (χ0) is 29.1. The lowest BCUT2D eigenvalue weighted by molar-refractivity contribution is -0.384. The minimum atomic E-state index is -0.444. The number of rotatable bonds is 9. The molecule has 11 heteroatoms. The predicted molar refractivity (Wildman–Crippen MR) is 163 cm³/mol. The highest BCUT2D eigenvalue weighted by Crippen LogP contribution is 2.26. The molecule has 0 fully saturated rings. The maximum absolute atomic E-state index is 13.3. The summed E-state index contributed by atoms with van der Waals surface area (Å²) in [5, 5.41) is 20.3. The Labute approximate surface area is 243 Å². The Hall–Kier alpha value is -5.42. The molecule has 0 aliphatic carbocycles. The molecular weight excluding hydrogens is 552 g/mol. The summed E-state index contributed by atoms with van der Waals surface area (Å²) < 4.78 is 9.08. The van der Waals surface area contributed by atoms with Crippen molar-refractivity contribution in [2.24, 2.45) is 0 Å². The zero-order valence-electron chi connectivity index (χ0n) is 22.5. The molecule has 0 bridgehead atoms. The van der Waals surface area contributed by atoms with E-state index in [9.17, 15) is 14.9 Å². The average molecular weight is 577 g/mol. The van der Waals surface area contributed by atoms with Gasteiger partial charge >= 0.3 is 0 Å². The van der Waals surface area contributed by atoms with Crippen molar-refractivity contribution < 1.29 is 9.66 Å². The molecule has 0 atom stereocenters. The highest BCUT2D eigenvalue weighted by atomic mass is 32.1. The van der Waals surface area contributed by atoms with Crippen LogP contribution in [0.3, 0.4) is 0 Å². The quantitative estimate of drug-likeness (QED) is 0.167. The Morgan fingerprint density at radius 1 is 0.976 bits per heavy atom. The van der Waals surface area contributed by atoms with Crippen LogP contribution in [0.25, 0.3) is 40.1 Å². The summed E-state index contributed by atoms with van der Waals surface area (Å²) in [4.78, 5) is 29.0. The molecule has 3 aromatic carbocycles. The van der Waals surface area contributed by atoms with Crippen LogP contribution in [-0.2, 0) is 0 Å². The third-order valence-electron chi connectivity index (χ3n) is 6.38. The number of nitro benzene ring substituents is 1. The number of nitro groups is 1. The first-order chi connectivity index (χ1) is 20.5. The van der Waals surface area contributed by atoms with E-state index >= 15 is 0 Å². The molecule has 0 aliphatic rings. The lowest BCUT2D eigenvalue weighted by Gasteiger charge is -2.03. The Bertz CT molecular complexity index is 2010. The predicted octanol–water partition coefficient (Wildman–Crippen LogP) is 5.42. The summed E-state index contributed by atoms with van der Waals surface area (Å²) in [6, 6.07) is 23.5. The molecule has 0 amide bonds. The lowest BCUT2D eigenvalue weighted by atomic mass is 10.1. The fourth-order valence-electron chi connectivity index (χ4n) is 4.30. The van der Waals surface area contributed by atoms with E-state index in [-0.39, 0.29) is 11.2 Å². The van der Waals surface area contributed by atoms with Crippen molar-refractivity contribution in [3.05, 3.63) is 127 Å². The topological polar surface area (TPSA) is 117 Å². The van der Waals surface area contributed by atoms with Crippen LogP contribution in [0.15, 0.2) is 89.9 Å². The van der Waals surface area contributed by atoms with E-state index in [4.69, 9.17) is 9.84 Å². The van der Waals surface area contributed by atoms with Gasteiger partial charge in [-0.25, -0.2) is 4.68 Å². The SMILES string of the molecule is CCCOc1ccc(/C=C/c2nc3s/c(=C\c4cn(-c5ccccc5)nc4-c4ccc([N+](=O)[O-])cc4)c(=O)n3n2)cc1. The van der Waals surface area contributed by atoms with Crippen LogP contribution in [0.1, 0.15) is 30.3 Å². The molecule has 42 heavy (non-hydrogen) atoms. The number of thiazole rings is 1. The van der Waals surface area contributed by atoms with Gasteiger partial charge in [0, 0.05) is 29.5 Å². The molecule has 0 spiro atoms. The molecule has 0 aliphatic heterocycles. The number of ether oxygens (including phenoxy) is 1. The number of nitrogens with zero attached hydrogens (tertiary/aromatic N) is 6. The summed E-state index contributed by atoms with van der Waals surface area (Å²) in [6.07, 6.45) is 8.18. The third-order valence-corrected chi connectivity index (χ3v) is 7.34. The molecule has 208 valence electrons. The van der Waals surface area contributed by atoms with E-state index < -0.39 is 4.92 Å². The minimum absolute atomic E-state index is 0.0120. The fourth-order valence-corrected chi connectivity index (χ4v) is 5.20. The van der Waals surface area contributed by atoms with E-state index in [0.29, 0.717) is 38.7 Å². The van der Waals surface area contributed by atoms with Crippen molar-refractivity contribution in [3.63, 3.8) is 0 Å². The Kier molecular flexibility index (Phi) is 7.39. The Morgan fingerprint density at radius 2 is 1.74 bits per heavy atom. The van der Waals surface area contributed by atoms with E-state index in [1.165, 1.54) is 28.0 Å². The van der Waals surface area contributed by atoms with Crippen molar-refractivity contribution in [1.82, 2.24) is 24.4 Å². The van der Waals surface area contributed by atoms with Crippen LogP contribution >= 0.6 is 11.3 Å². The number of fused-ring (bicyclic) bond motifs is 1. The minimum Gasteiger partial charge on any atom is -0.494 e. The summed E-state index contributed by atoms with van der Waals surface area (Å²) >= 11 is 1.23. The van der Waals surface area contributed by atoms with Gasteiger partial charge in [0.1, 0.15) is 11.4 Å². The molecule has 6 aromatic rings. The fraction of sp³-hybridized carbons (Fsp3) is 0.0968. The standard InChI is InChI=1S/C31H24N6O4S/c1-2-18-41-26-15-8-21(9-16-26)10-17-28-32-31-36(33-28)30(38)27(42-31)19-23-20-35(24-6-4-3-5-7-24)34-29(23)22-11-13-25(14-12-22)37(39)40/h3-17,19-20H,2,18H2,1H3/b17-10+,27-19-. The smallest absolute Gasteiger partial charge is 0.291 e. The molecule has 3 aromatic heterocycles. The van der Waals surface area contributed by atoms with Gasteiger partial charge in [-0.3, -0.25) is 14.9 Å². The first kappa shape index (κ1) is 26.8.